The average Bonchev–Trinajstić information content (AvgIpc) is 2.59. The van der Waals surface area contributed by atoms with Crippen molar-refractivity contribution in [1.29, 1.82) is 0 Å². The number of sulfone groups is 1. The van der Waals surface area contributed by atoms with Gasteiger partial charge in [0.2, 0.25) is 9.84 Å². The summed E-state index contributed by atoms with van der Waals surface area (Å²) >= 11 is 0. The first-order chi connectivity index (χ1) is 11.5. The van der Waals surface area contributed by atoms with Gasteiger partial charge in [0.25, 0.3) is 0 Å². The van der Waals surface area contributed by atoms with Crippen molar-refractivity contribution in [1.82, 2.24) is 0 Å². The molecule has 0 aliphatic carbocycles. The predicted molar refractivity (Wildman–Crippen MR) is 93.7 cm³/mol. The Kier molecular flexibility index (Phi) is 4.14. The van der Waals surface area contributed by atoms with E-state index in [2.05, 4.69) is 0 Å². The highest BCUT2D eigenvalue weighted by Gasteiger charge is 2.22. The van der Waals surface area contributed by atoms with Gasteiger partial charge in [-0.1, -0.05) is 36.4 Å². The Labute approximate surface area is 140 Å². The Morgan fingerprint density at radius 2 is 1.33 bits per heavy atom. The molecule has 3 aromatic rings. The molecule has 0 radical (unpaired) electrons. The lowest BCUT2D eigenvalue weighted by Gasteiger charge is -2.13. The van der Waals surface area contributed by atoms with Crippen molar-refractivity contribution in [3.63, 3.8) is 0 Å². The minimum atomic E-state index is -3.73. The van der Waals surface area contributed by atoms with Gasteiger partial charge in [-0.2, -0.15) is 0 Å². The van der Waals surface area contributed by atoms with E-state index < -0.39 is 9.84 Å². The molecule has 122 valence electrons. The SMILES string of the molecule is Nc1ccccc1Oc1cccc(S(=O)(=O)c2ccccc2)c1N. The van der Waals surface area contributed by atoms with Crippen molar-refractivity contribution >= 4 is 21.2 Å². The van der Waals surface area contributed by atoms with Crippen LogP contribution in [0.3, 0.4) is 0 Å². The number of nitrogen functional groups attached to an aromatic ring is 2. The highest BCUT2D eigenvalue weighted by Crippen LogP contribution is 2.36. The minimum Gasteiger partial charge on any atom is -0.453 e. The lowest BCUT2D eigenvalue weighted by molar-refractivity contribution is 0.486. The standard InChI is InChI=1S/C18H16N2O3S/c19-14-9-4-5-10-15(14)23-16-11-6-12-17(18(16)20)24(21,22)13-7-2-1-3-8-13/h1-12H,19-20H2. The van der Waals surface area contributed by atoms with Crippen molar-refractivity contribution in [3.05, 3.63) is 72.8 Å². The fraction of sp³-hybridized carbons (Fsp3) is 0. The first-order valence-corrected chi connectivity index (χ1v) is 8.69. The van der Waals surface area contributed by atoms with Gasteiger partial charge in [-0.25, -0.2) is 8.42 Å². The van der Waals surface area contributed by atoms with Crippen molar-refractivity contribution < 1.29 is 13.2 Å². The van der Waals surface area contributed by atoms with E-state index in [1.807, 2.05) is 0 Å². The number of benzene rings is 3. The molecule has 0 saturated carbocycles. The Morgan fingerprint density at radius 3 is 2.04 bits per heavy atom. The fourth-order valence-electron chi connectivity index (χ4n) is 2.27. The summed E-state index contributed by atoms with van der Waals surface area (Å²) in [5, 5.41) is 0. The average molecular weight is 340 g/mol. The lowest BCUT2D eigenvalue weighted by Crippen LogP contribution is -2.06. The summed E-state index contributed by atoms with van der Waals surface area (Å²) in [5.74, 6) is 0.656. The first kappa shape index (κ1) is 15.9. The van der Waals surface area contributed by atoms with E-state index in [0.29, 0.717) is 11.4 Å². The number of para-hydroxylation sites is 3. The maximum absolute atomic E-state index is 12.8. The highest BCUT2D eigenvalue weighted by atomic mass is 32.2. The maximum Gasteiger partial charge on any atom is 0.208 e. The molecule has 0 unspecified atom stereocenters. The monoisotopic (exact) mass is 340 g/mol. The summed E-state index contributed by atoms with van der Waals surface area (Å²) in [6, 6.07) is 19.7. The van der Waals surface area contributed by atoms with Crippen LogP contribution in [0.5, 0.6) is 11.5 Å². The molecule has 0 heterocycles. The largest absolute Gasteiger partial charge is 0.453 e. The van der Waals surface area contributed by atoms with E-state index in [-0.39, 0.29) is 21.2 Å². The zero-order chi connectivity index (χ0) is 17.2. The number of anilines is 2. The van der Waals surface area contributed by atoms with Crippen molar-refractivity contribution in [2.75, 3.05) is 11.5 Å². The van der Waals surface area contributed by atoms with Crippen LogP contribution in [0.25, 0.3) is 0 Å². The molecule has 0 atom stereocenters. The summed E-state index contributed by atoms with van der Waals surface area (Å²) in [6.07, 6.45) is 0. The molecular formula is C18H16N2O3S. The number of hydrogen-bond acceptors (Lipinski definition) is 5. The molecule has 0 aliphatic rings. The molecule has 0 fully saturated rings. The van der Waals surface area contributed by atoms with Crippen molar-refractivity contribution in [2.24, 2.45) is 0 Å². The van der Waals surface area contributed by atoms with Gasteiger partial charge in [-0.3, -0.25) is 0 Å². The van der Waals surface area contributed by atoms with E-state index in [1.54, 1.807) is 54.6 Å². The van der Waals surface area contributed by atoms with Gasteiger partial charge in [0.05, 0.1) is 21.2 Å². The van der Waals surface area contributed by atoms with E-state index in [9.17, 15) is 8.42 Å². The lowest BCUT2D eigenvalue weighted by atomic mass is 10.2. The Balaban J connectivity index is 2.05. The molecular weight excluding hydrogens is 324 g/mol. The maximum atomic E-state index is 12.8. The smallest absolute Gasteiger partial charge is 0.208 e. The van der Waals surface area contributed by atoms with Crippen molar-refractivity contribution in [2.45, 2.75) is 9.79 Å². The van der Waals surface area contributed by atoms with Crippen LogP contribution in [-0.2, 0) is 9.84 Å². The Morgan fingerprint density at radius 1 is 0.708 bits per heavy atom. The third kappa shape index (κ3) is 2.91. The number of hydrogen-bond donors (Lipinski definition) is 2. The van der Waals surface area contributed by atoms with Crippen LogP contribution in [0.4, 0.5) is 11.4 Å². The molecule has 0 aliphatic heterocycles. The molecule has 0 spiro atoms. The Bertz CT molecular complexity index is 971. The summed E-state index contributed by atoms with van der Waals surface area (Å²) in [6.45, 7) is 0. The quantitative estimate of drug-likeness (QED) is 0.709. The molecule has 0 saturated heterocycles. The number of rotatable bonds is 4. The summed E-state index contributed by atoms with van der Waals surface area (Å²) < 4.78 is 31.2. The molecule has 6 heteroatoms. The molecule has 0 bridgehead atoms. The van der Waals surface area contributed by atoms with Crippen LogP contribution in [0.1, 0.15) is 0 Å². The van der Waals surface area contributed by atoms with Crippen molar-refractivity contribution in [3.8, 4) is 11.5 Å². The van der Waals surface area contributed by atoms with Gasteiger partial charge in [-0.05, 0) is 36.4 Å². The van der Waals surface area contributed by atoms with E-state index in [4.69, 9.17) is 16.2 Å². The number of ether oxygens (including phenoxy) is 1. The fourth-order valence-corrected chi connectivity index (χ4v) is 3.68. The van der Waals surface area contributed by atoms with Gasteiger partial charge in [-0.15, -0.1) is 0 Å². The van der Waals surface area contributed by atoms with Gasteiger partial charge >= 0.3 is 0 Å². The first-order valence-electron chi connectivity index (χ1n) is 7.21. The molecule has 0 aromatic heterocycles. The van der Waals surface area contributed by atoms with E-state index >= 15 is 0 Å². The molecule has 5 nitrogen and oxygen atoms in total. The third-order valence-electron chi connectivity index (χ3n) is 3.51. The second kappa shape index (κ2) is 6.25. The topological polar surface area (TPSA) is 95.4 Å². The third-order valence-corrected chi connectivity index (χ3v) is 5.34. The summed E-state index contributed by atoms with van der Waals surface area (Å²) in [7, 11) is -3.73. The van der Waals surface area contributed by atoms with Gasteiger partial charge in [0, 0.05) is 0 Å². The summed E-state index contributed by atoms with van der Waals surface area (Å²) in [4.78, 5) is 0.175. The second-order valence-electron chi connectivity index (χ2n) is 5.12. The molecule has 24 heavy (non-hydrogen) atoms. The van der Waals surface area contributed by atoms with E-state index in [0.717, 1.165) is 0 Å². The van der Waals surface area contributed by atoms with Gasteiger partial charge in [0.1, 0.15) is 5.75 Å². The molecule has 3 aromatic carbocycles. The zero-order valence-electron chi connectivity index (χ0n) is 12.7. The number of nitrogens with two attached hydrogens (primary N) is 2. The van der Waals surface area contributed by atoms with Gasteiger partial charge < -0.3 is 16.2 Å². The Hall–Kier alpha value is -2.99. The van der Waals surface area contributed by atoms with Crippen LogP contribution >= 0.6 is 0 Å². The van der Waals surface area contributed by atoms with Crippen LogP contribution in [0.15, 0.2) is 82.6 Å². The van der Waals surface area contributed by atoms with Crippen LogP contribution in [0.2, 0.25) is 0 Å². The normalized spacial score (nSPS) is 11.2. The van der Waals surface area contributed by atoms with Crippen LogP contribution < -0.4 is 16.2 Å². The summed E-state index contributed by atoms with van der Waals surface area (Å²) in [5.41, 5.74) is 12.4. The molecule has 4 N–H and O–H groups in total. The minimum absolute atomic E-state index is 0.000651. The van der Waals surface area contributed by atoms with Crippen LogP contribution in [-0.4, -0.2) is 8.42 Å². The molecule has 3 rings (SSSR count). The zero-order valence-corrected chi connectivity index (χ0v) is 13.5. The predicted octanol–water partition coefficient (Wildman–Crippen LogP) is 3.48. The highest BCUT2D eigenvalue weighted by molar-refractivity contribution is 7.91. The molecule has 0 amide bonds. The van der Waals surface area contributed by atoms with Gasteiger partial charge in [0.15, 0.2) is 5.75 Å². The van der Waals surface area contributed by atoms with E-state index in [1.165, 1.54) is 18.2 Å². The second-order valence-corrected chi connectivity index (χ2v) is 7.04. The van der Waals surface area contributed by atoms with Crippen LogP contribution in [0, 0.1) is 0 Å².